The molecule has 1 aliphatic carbocycles. The molecule has 0 radical (unpaired) electrons. The predicted molar refractivity (Wildman–Crippen MR) is 97.2 cm³/mol. The van der Waals surface area contributed by atoms with E-state index in [-0.39, 0.29) is 12.0 Å². The van der Waals surface area contributed by atoms with Gasteiger partial charge >= 0.3 is 5.97 Å². The first-order valence-corrected chi connectivity index (χ1v) is 8.97. The van der Waals surface area contributed by atoms with Crippen LogP contribution in [0.2, 0.25) is 0 Å². The van der Waals surface area contributed by atoms with E-state index in [0.717, 1.165) is 43.4 Å². The van der Waals surface area contributed by atoms with E-state index in [2.05, 4.69) is 10.3 Å². The number of aliphatic carboxylic acids is 1. The van der Waals surface area contributed by atoms with E-state index < -0.39 is 29.3 Å². The third-order valence-electron chi connectivity index (χ3n) is 4.79. The van der Waals surface area contributed by atoms with Gasteiger partial charge in [0, 0.05) is 5.69 Å². The van der Waals surface area contributed by atoms with Gasteiger partial charge in [-0.1, -0.05) is 18.6 Å². The summed E-state index contributed by atoms with van der Waals surface area (Å²) in [5.74, 6) is -2.21. The molecule has 1 aliphatic rings. The van der Waals surface area contributed by atoms with Gasteiger partial charge in [-0.25, -0.2) is 4.39 Å². The molecule has 1 aromatic carbocycles. The molecule has 3 rings (SSSR count). The number of aromatic amines is 1. The van der Waals surface area contributed by atoms with Crippen molar-refractivity contribution in [2.24, 2.45) is 0 Å². The van der Waals surface area contributed by atoms with Crippen LogP contribution in [0, 0.1) is 5.82 Å². The molecule has 0 saturated heterocycles. The normalized spacial score (nSPS) is 14.7. The number of nitrogens with one attached hydrogen (secondary N) is 2. The Morgan fingerprint density at radius 2 is 1.85 bits per heavy atom. The largest absolute Gasteiger partial charge is 0.481 e. The maximum atomic E-state index is 13.1. The SMILES string of the molecule is O=C(O)CC(NC(=O)c1cc2c([nH]c1=O)CCCCC2)c1ccc(F)cc1. The number of hydrogen-bond donors (Lipinski definition) is 3. The van der Waals surface area contributed by atoms with Crippen LogP contribution in [0.15, 0.2) is 35.1 Å². The number of carbonyl (C=O) groups is 2. The zero-order chi connectivity index (χ0) is 19.4. The van der Waals surface area contributed by atoms with Crippen molar-refractivity contribution < 1.29 is 19.1 Å². The Kier molecular flexibility index (Phi) is 5.69. The van der Waals surface area contributed by atoms with Gasteiger partial charge in [-0.2, -0.15) is 0 Å². The fraction of sp³-hybridized carbons (Fsp3) is 0.350. The number of carboxylic acids is 1. The Morgan fingerprint density at radius 1 is 1.15 bits per heavy atom. The maximum absolute atomic E-state index is 13.1. The smallest absolute Gasteiger partial charge is 0.305 e. The average molecular weight is 372 g/mol. The molecule has 0 spiro atoms. The van der Waals surface area contributed by atoms with Crippen molar-refractivity contribution in [1.82, 2.24) is 10.3 Å². The van der Waals surface area contributed by atoms with Crippen LogP contribution in [0.1, 0.15) is 58.9 Å². The lowest BCUT2D eigenvalue weighted by Crippen LogP contribution is -2.34. The van der Waals surface area contributed by atoms with Gasteiger partial charge in [-0.15, -0.1) is 0 Å². The molecule has 7 heteroatoms. The van der Waals surface area contributed by atoms with E-state index in [1.54, 1.807) is 6.07 Å². The number of amides is 1. The summed E-state index contributed by atoms with van der Waals surface area (Å²) in [7, 11) is 0. The van der Waals surface area contributed by atoms with Crippen LogP contribution >= 0.6 is 0 Å². The molecule has 1 aromatic heterocycles. The third kappa shape index (κ3) is 4.61. The summed E-state index contributed by atoms with van der Waals surface area (Å²) in [4.78, 5) is 39.0. The number of halogens is 1. The number of aromatic nitrogens is 1. The minimum atomic E-state index is -1.11. The lowest BCUT2D eigenvalue weighted by atomic mass is 10.0. The van der Waals surface area contributed by atoms with Crippen LogP contribution < -0.4 is 10.9 Å². The molecule has 1 heterocycles. The minimum Gasteiger partial charge on any atom is -0.481 e. The summed E-state index contributed by atoms with van der Waals surface area (Å²) in [6, 6.07) is 5.98. The zero-order valence-corrected chi connectivity index (χ0v) is 14.8. The topological polar surface area (TPSA) is 99.3 Å². The van der Waals surface area contributed by atoms with Crippen molar-refractivity contribution in [3.63, 3.8) is 0 Å². The van der Waals surface area contributed by atoms with Gasteiger partial charge in [0.15, 0.2) is 0 Å². The molecule has 2 aromatic rings. The highest BCUT2D eigenvalue weighted by Crippen LogP contribution is 2.20. The first-order valence-electron chi connectivity index (χ1n) is 8.97. The Labute approximate surface area is 155 Å². The monoisotopic (exact) mass is 372 g/mol. The highest BCUT2D eigenvalue weighted by molar-refractivity contribution is 5.94. The van der Waals surface area contributed by atoms with Crippen molar-refractivity contribution in [2.75, 3.05) is 0 Å². The lowest BCUT2D eigenvalue weighted by molar-refractivity contribution is -0.137. The van der Waals surface area contributed by atoms with Gasteiger partial charge in [0.2, 0.25) is 0 Å². The van der Waals surface area contributed by atoms with Crippen molar-refractivity contribution in [2.45, 2.75) is 44.6 Å². The molecule has 0 saturated carbocycles. The Balaban J connectivity index is 1.87. The molecule has 1 atom stereocenters. The molecular weight excluding hydrogens is 351 g/mol. The number of hydrogen-bond acceptors (Lipinski definition) is 3. The van der Waals surface area contributed by atoms with Gasteiger partial charge in [0.1, 0.15) is 11.4 Å². The van der Waals surface area contributed by atoms with Crippen molar-refractivity contribution in [1.29, 1.82) is 0 Å². The Bertz CT molecular complexity index is 905. The number of benzene rings is 1. The lowest BCUT2D eigenvalue weighted by Gasteiger charge is -2.18. The summed E-state index contributed by atoms with van der Waals surface area (Å²) in [5, 5.41) is 11.7. The summed E-state index contributed by atoms with van der Waals surface area (Å²) < 4.78 is 13.1. The maximum Gasteiger partial charge on any atom is 0.305 e. The molecule has 6 nitrogen and oxygen atoms in total. The number of fused-ring (bicyclic) bond motifs is 1. The number of carbonyl (C=O) groups excluding carboxylic acids is 1. The zero-order valence-electron chi connectivity index (χ0n) is 14.8. The summed E-state index contributed by atoms with van der Waals surface area (Å²) in [6.45, 7) is 0. The molecule has 27 heavy (non-hydrogen) atoms. The number of H-pyrrole nitrogens is 1. The van der Waals surface area contributed by atoms with Crippen LogP contribution in [-0.4, -0.2) is 22.0 Å². The fourth-order valence-electron chi connectivity index (χ4n) is 3.38. The van der Waals surface area contributed by atoms with Crippen LogP contribution in [0.4, 0.5) is 4.39 Å². The molecule has 0 bridgehead atoms. The van der Waals surface area contributed by atoms with E-state index in [0.29, 0.717) is 5.56 Å². The number of rotatable bonds is 5. The quantitative estimate of drug-likeness (QED) is 0.703. The van der Waals surface area contributed by atoms with Crippen molar-refractivity contribution in [3.8, 4) is 0 Å². The van der Waals surface area contributed by atoms with Gasteiger partial charge in [0.05, 0.1) is 12.5 Å². The van der Waals surface area contributed by atoms with E-state index in [1.165, 1.54) is 24.3 Å². The molecule has 1 amide bonds. The number of aryl methyl sites for hydroxylation is 2. The first-order chi connectivity index (χ1) is 12.9. The fourth-order valence-corrected chi connectivity index (χ4v) is 3.38. The van der Waals surface area contributed by atoms with E-state index >= 15 is 0 Å². The number of pyridine rings is 1. The molecule has 142 valence electrons. The third-order valence-corrected chi connectivity index (χ3v) is 4.79. The molecule has 1 unspecified atom stereocenters. The van der Waals surface area contributed by atoms with Gasteiger partial charge in [-0.3, -0.25) is 14.4 Å². The highest BCUT2D eigenvalue weighted by Gasteiger charge is 2.22. The first kappa shape index (κ1) is 18.8. The molecular formula is C20H21FN2O4. The molecule has 0 fully saturated rings. The van der Waals surface area contributed by atoms with Crippen molar-refractivity contribution in [3.05, 3.63) is 68.9 Å². The second kappa shape index (κ2) is 8.16. The van der Waals surface area contributed by atoms with Crippen molar-refractivity contribution >= 4 is 11.9 Å². The summed E-state index contributed by atoms with van der Waals surface area (Å²) in [5.41, 5.74) is 1.76. The second-order valence-electron chi connectivity index (χ2n) is 6.75. The summed E-state index contributed by atoms with van der Waals surface area (Å²) in [6.07, 6.45) is 4.27. The molecule has 3 N–H and O–H groups in total. The van der Waals surface area contributed by atoms with E-state index in [9.17, 15) is 18.8 Å². The number of carboxylic acid groups (broad SMARTS) is 1. The average Bonchev–Trinajstić information content (AvgIpc) is 2.85. The molecule has 0 aliphatic heterocycles. The Morgan fingerprint density at radius 3 is 2.56 bits per heavy atom. The van der Waals surface area contributed by atoms with Gasteiger partial charge in [-0.05, 0) is 55.0 Å². The van der Waals surface area contributed by atoms with E-state index in [4.69, 9.17) is 5.11 Å². The van der Waals surface area contributed by atoms with Crippen LogP contribution in [0.3, 0.4) is 0 Å². The van der Waals surface area contributed by atoms with E-state index in [1.807, 2.05) is 0 Å². The predicted octanol–water partition coefficient (Wildman–Crippen LogP) is 2.73. The van der Waals surface area contributed by atoms with Gasteiger partial charge in [0.25, 0.3) is 11.5 Å². The van der Waals surface area contributed by atoms with Gasteiger partial charge < -0.3 is 15.4 Å². The van der Waals surface area contributed by atoms with Crippen LogP contribution in [-0.2, 0) is 17.6 Å². The van der Waals surface area contributed by atoms with Crippen LogP contribution in [0.25, 0.3) is 0 Å². The highest BCUT2D eigenvalue weighted by atomic mass is 19.1. The standard InChI is InChI=1S/C20H21FN2O4/c21-14-8-6-12(7-9-14)17(11-18(24)25)23-20(27)15-10-13-4-2-1-3-5-16(13)22-19(15)26/h6-10,17H,1-5,11H2,(H,22,26)(H,23,27)(H,24,25). The van der Waals surface area contributed by atoms with Crippen LogP contribution in [0.5, 0.6) is 0 Å². The Hall–Kier alpha value is -2.96. The summed E-state index contributed by atoms with van der Waals surface area (Å²) >= 11 is 0. The second-order valence-corrected chi connectivity index (χ2v) is 6.75. The minimum absolute atomic E-state index is 0.0341.